The fraction of sp³-hybridized carbons (Fsp3) is 0. The SMILES string of the molecule is Nc1c(Br)cccc1-c1nc2ncc(Br)cc2[nH]1. The monoisotopic (exact) mass is 366 g/mol. The zero-order valence-corrected chi connectivity index (χ0v) is 12.3. The van der Waals surface area contributed by atoms with Crippen LogP contribution < -0.4 is 5.73 Å². The number of anilines is 1. The van der Waals surface area contributed by atoms with Crippen molar-refractivity contribution in [2.75, 3.05) is 5.73 Å². The molecule has 6 heteroatoms. The molecule has 0 aliphatic rings. The second kappa shape index (κ2) is 4.37. The van der Waals surface area contributed by atoms with E-state index in [2.05, 4.69) is 46.8 Å². The molecule has 0 unspecified atom stereocenters. The maximum absolute atomic E-state index is 6.03. The molecular weight excluding hydrogens is 360 g/mol. The van der Waals surface area contributed by atoms with Gasteiger partial charge in [-0.25, -0.2) is 9.97 Å². The van der Waals surface area contributed by atoms with Crippen LogP contribution in [0.2, 0.25) is 0 Å². The minimum atomic E-state index is 0.663. The molecule has 0 atom stereocenters. The van der Waals surface area contributed by atoms with Gasteiger partial charge in [0.05, 0.1) is 11.2 Å². The van der Waals surface area contributed by atoms with E-state index in [1.807, 2.05) is 24.3 Å². The fourth-order valence-electron chi connectivity index (χ4n) is 1.75. The molecule has 2 aromatic heterocycles. The van der Waals surface area contributed by atoms with E-state index in [0.29, 0.717) is 11.3 Å². The lowest BCUT2D eigenvalue weighted by molar-refractivity contribution is 1.30. The van der Waals surface area contributed by atoms with Gasteiger partial charge in [-0.05, 0) is 50.1 Å². The van der Waals surface area contributed by atoms with E-state index in [9.17, 15) is 0 Å². The number of pyridine rings is 1. The second-order valence-corrected chi connectivity index (χ2v) is 5.58. The zero-order chi connectivity index (χ0) is 12.7. The number of halogens is 2. The third kappa shape index (κ3) is 1.91. The Hall–Kier alpha value is -1.40. The number of para-hydroxylation sites is 1. The van der Waals surface area contributed by atoms with Gasteiger partial charge in [-0.2, -0.15) is 0 Å². The first-order valence-electron chi connectivity index (χ1n) is 5.21. The summed E-state index contributed by atoms with van der Waals surface area (Å²) in [4.78, 5) is 11.9. The summed E-state index contributed by atoms with van der Waals surface area (Å²) >= 11 is 6.79. The van der Waals surface area contributed by atoms with Crippen LogP contribution in [0.15, 0.2) is 39.4 Å². The van der Waals surface area contributed by atoms with Crippen molar-refractivity contribution in [2.24, 2.45) is 0 Å². The van der Waals surface area contributed by atoms with Gasteiger partial charge in [0.25, 0.3) is 0 Å². The molecule has 1 aromatic carbocycles. The number of H-pyrrole nitrogens is 1. The van der Waals surface area contributed by atoms with Crippen molar-refractivity contribution < 1.29 is 0 Å². The number of benzene rings is 1. The molecule has 3 rings (SSSR count). The van der Waals surface area contributed by atoms with Crippen LogP contribution in [0.4, 0.5) is 5.69 Å². The van der Waals surface area contributed by atoms with Crippen LogP contribution in [0, 0.1) is 0 Å². The summed E-state index contributed by atoms with van der Waals surface area (Å²) in [7, 11) is 0. The molecule has 3 N–H and O–H groups in total. The van der Waals surface area contributed by atoms with Crippen LogP contribution in [0.3, 0.4) is 0 Å². The first-order chi connectivity index (χ1) is 8.65. The zero-order valence-electron chi connectivity index (χ0n) is 9.11. The molecule has 0 radical (unpaired) electrons. The molecule has 0 amide bonds. The molecule has 2 heterocycles. The summed E-state index contributed by atoms with van der Waals surface area (Å²) in [5, 5.41) is 0. The number of aromatic amines is 1. The van der Waals surface area contributed by atoms with Gasteiger partial charge in [-0.1, -0.05) is 6.07 Å². The Morgan fingerprint density at radius 1 is 1.22 bits per heavy atom. The van der Waals surface area contributed by atoms with Crippen LogP contribution in [0.1, 0.15) is 0 Å². The van der Waals surface area contributed by atoms with Crippen molar-refractivity contribution >= 4 is 48.7 Å². The molecule has 0 aliphatic heterocycles. The number of hydrogen-bond donors (Lipinski definition) is 2. The molecule has 3 aromatic rings. The largest absolute Gasteiger partial charge is 0.397 e. The third-order valence-electron chi connectivity index (χ3n) is 2.61. The average Bonchev–Trinajstić information content (AvgIpc) is 2.75. The van der Waals surface area contributed by atoms with Gasteiger partial charge in [0.15, 0.2) is 5.65 Å². The van der Waals surface area contributed by atoms with Gasteiger partial charge in [-0.3, -0.25) is 0 Å². The normalized spacial score (nSPS) is 11.0. The predicted octanol–water partition coefficient (Wildman–Crippen LogP) is 3.73. The topological polar surface area (TPSA) is 67.6 Å². The number of nitrogen functional groups attached to an aromatic ring is 1. The van der Waals surface area contributed by atoms with Crippen molar-refractivity contribution in [2.45, 2.75) is 0 Å². The fourth-order valence-corrected chi connectivity index (χ4v) is 2.44. The molecule has 0 saturated heterocycles. The Kier molecular flexibility index (Phi) is 2.83. The summed E-state index contributed by atoms with van der Waals surface area (Å²) in [5.74, 6) is 0.717. The highest BCUT2D eigenvalue weighted by molar-refractivity contribution is 9.10. The number of nitrogens with zero attached hydrogens (tertiary/aromatic N) is 2. The predicted molar refractivity (Wildman–Crippen MR) is 79.1 cm³/mol. The minimum absolute atomic E-state index is 0.663. The Morgan fingerprint density at radius 2 is 2.06 bits per heavy atom. The van der Waals surface area contributed by atoms with Gasteiger partial charge < -0.3 is 10.7 Å². The van der Waals surface area contributed by atoms with Gasteiger partial charge in [0, 0.05) is 20.7 Å². The van der Waals surface area contributed by atoms with E-state index in [1.165, 1.54) is 0 Å². The molecule has 0 saturated carbocycles. The highest BCUT2D eigenvalue weighted by atomic mass is 79.9. The van der Waals surface area contributed by atoms with Crippen molar-refractivity contribution in [3.05, 3.63) is 39.4 Å². The summed E-state index contributed by atoms with van der Waals surface area (Å²) in [6.45, 7) is 0. The smallest absolute Gasteiger partial charge is 0.178 e. The van der Waals surface area contributed by atoms with Crippen molar-refractivity contribution in [3.63, 3.8) is 0 Å². The number of aromatic nitrogens is 3. The van der Waals surface area contributed by atoms with Crippen LogP contribution in [-0.2, 0) is 0 Å². The van der Waals surface area contributed by atoms with E-state index < -0.39 is 0 Å². The van der Waals surface area contributed by atoms with Crippen molar-refractivity contribution in [1.29, 1.82) is 0 Å². The Labute approximate surface area is 120 Å². The standard InChI is InChI=1S/C12H8Br2N4/c13-6-4-9-12(16-5-6)18-11(17-9)7-2-1-3-8(14)10(7)15/h1-5H,15H2,(H,16,17,18). The van der Waals surface area contributed by atoms with E-state index in [1.54, 1.807) is 6.20 Å². The summed E-state index contributed by atoms with van der Waals surface area (Å²) < 4.78 is 1.77. The number of imidazole rings is 1. The Bertz CT molecular complexity index is 736. The van der Waals surface area contributed by atoms with E-state index >= 15 is 0 Å². The van der Waals surface area contributed by atoms with Crippen LogP contribution in [-0.4, -0.2) is 15.0 Å². The molecule has 4 nitrogen and oxygen atoms in total. The quantitative estimate of drug-likeness (QED) is 0.644. The maximum atomic E-state index is 6.03. The maximum Gasteiger partial charge on any atom is 0.178 e. The van der Waals surface area contributed by atoms with Crippen molar-refractivity contribution in [1.82, 2.24) is 15.0 Å². The molecule has 18 heavy (non-hydrogen) atoms. The highest BCUT2D eigenvalue weighted by Crippen LogP contribution is 2.31. The molecule has 0 aliphatic carbocycles. The molecule has 0 spiro atoms. The third-order valence-corrected chi connectivity index (χ3v) is 3.74. The average molecular weight is 368 g/mol. The molecule has 0 fully saturated rings. The number of nitrogens with two attached hydrogens (primary N) is 1. The number of rotatable bonds is 1. The van der Waals surface area contributed by atoms with Crippen LogP contribution >= 0.6 is 31.9 Å². The number of nitrogens with one attached hydrogen (secondary N) is 1. The molecular formula is C12H8Br2N4. The van der Waals surface area contributed by atoms with Gasteiger partial charge >= 0.3 is 0 Å². The van der Waals surface area contributed by atoms with E-state index in [4.69, 9.17) is 5.73 Å². The molecule has 0 bridgehead atoms. The lowest BCUT2D eigenvalue weighted by Crippen LogP contribution is -1.92. The van der Waals surface area contributed by atoms with Crippen molar-refractivity contribution in [3.8, 4) is 11.4 Å². The minimum Gasteiger partial charge on any atom is -0.397 e. The lowest BCUT2D eigenvalue weighted by Gasteiger charge is -2.03. The summed E-state index contributed by atoms with van der Waals surface area (Å²) in [5.41, 5.74) is 9.10. The lowest BCUT2D eigenvalue weighted by atomic mass is 10.2. The first-order valence-corrected chi connectivity index (χ1v) is 6.79. The first kappa shape index (κ1) is 11.7. The van der Waals surface area contributed by atoms with Gasteiger partial charge in [-0.15, -0.1) is 0 Å². The van der Waals surface area contributed by atoms with Crippen LogP contribution in [0.25, 0.3) is 22.6 Å². The van der Waals surface area contributed by atoms with Gasteiger partial charge in [0.2, 0.25) is 0 Å². The summed E-state index contributed by atoms with van der Waals surface area (Å²) in [6.07, 6.45) is 1.72. The van der Waals surface area contributed by atoms with Gasteiger partial charge in [0.1, 0.15) is 5.82 Å². The summed E-state index contributed by atoms with van der Waals surface area (Å²) in [6, 6.07) is 7.68. The van der Waals surface area contributed by atoms with Crippen LogP contribution in [0.5, 0.6) is 0 Å². The number of fused-ring (bicyclic) bond motifs is 1. The second-order valence-electron chi connectivity index (χ2n) is 3.81. The number of hydrogen-bond acceptors (Lipinski definition) is 3. The Balaban J connectivity index is 2.22. The van der Waals surface area contributed by atoms with E-state index in [0.717, 1.165) is 25.8 Å². The Morgan fingerprint density at radius 3 is 2.89 bits per heavy atom. The van der Waals surface area contributed by atoms with E-state index in [-0.39, 0.29) is 0 Å². The molecule has 90 valence electrons. The highest BCUT2D eigenvalue weighted by Gasteiger charge is 2.10.